The summed E-state index contributed by atoms with van der Waals surface area (Å²) in [4.78, 5) is 22.1. The third-order valence-electron chi connectivity index (χ3n) is 4.79. The van der Waals surface area contributed by atoms with Crippen LogP contribution in [0.5, 0.6) is 11.5 Å². The van der Waals surface area contributed by atoms with Gasteiger partial charge in [-0.1, -0.05) is 52.0 Å². The SMILES string of the molecule is CC(C)C(C(=O)O)c1ccc(OC(F)F)cc1.CC(C)[C@H](C(=O)O)c1ccc(OC(F)F)cc1. The number of rotatable bonds is 10. The average Bonchev–Trinajstić information content (AvgIpc) is 2.69. The second-order valence-corrected chi connectivity index (χ2v) is 8.01. The zero-order valence-corrected chi connectivity index (χ0v) is 19.1. The lowest BCUT2D eigenvalue weighted by Crippen LogP contribution is -2.17. The van der Waals surface area contributed by atoms with Crippen molar-refractivity contribution in [2.24, 2.45) is 11.8 Å². The average molecular weight is 488 g/mol. The number of halogens is 4. The molecular formula is C24H28F4O6. The zero-order valence-electron chi connectivity index (χ0n) is 19.1. The highest BCUT2D eigenvalue weighted by atomic mass is 19.3. The summed E-state index contributed by atoms with van der Waals surface area (Å²) in [6.07, 6.45) is 0. The number of carboxylic acid groups (broad SMARTS) is 2. The number of ether oxygens (including phenoxy) is 2. The van der Waals surface area contributed by atoms with Crippen molar-refractivity contribution in [2.45, 2.75) is 52.8 Å². The van der Waals surface area contributed by atoms with Crippen molar-refractivity contribution in [3.63, 3.8) is 0 Å². The summed E-state index contributed by atoms with van der Waals surface area (Å²) in [7, 11) is 0. The minimum atomic E-state index is -2.87. The van der Waals surface area contributed by atoms with E-state index in [-0.39, 0.29) is 23.3 Å². The van der Waals surface area contributed by atoms with Crippen LogP contribution in [0.3, 0.4) is 0 Å². The van der Waals surface area contributed by atoms with Gasteiger partial charge in [-0.3, -0.25) is 9.59 Å². The van der Waals surface area contributed by atoms with Crippen LogP contribution in [0.25, 0.3) is 0 Å². The smallest absolute Gasteiger partial charge is 0.387 e. The molecule has 0 fully saturated rings. The van der Waals surface area contributed by atoms with Crippen molar-refractivity contribution in [2.75, 3.05) is 0 Å². The molecule has 0 heterocycles. The van der Waals surface area contributed by atoms with Crippen molar-refractivity contribution in [3.8, 4) is 11.5 Å². The van der Waals surface area contributed by atoms with Gasteiger partial charge in [0.15, 0.2) is 0 Å². The second kappa shape index (κ2) is 13.4. The maximum Gasteiger partial charge on any atom is 0.387 e. The number of alkyl halides is 4. The van der Waals surface area contributed by atoms with E-state index in [2.05, 4.69) is 9.47 Å². The third kappa shape index (κ3) is 9.29. The molecule has 2 aromatic rings. The van der Waals surface area contributed by atoms with Gasteiger partial charge in [-0.25, -0.2) is 0 Å². The summed E-state index contributed by atoms with van der Waals surface area (Å²) >= 11 is 0. The highest BCUT2D eigenvalue weighted by Gasteiger charge is 2.24. The van der Waals surface area contributed by atoms with E-state index in [1.165, 1.54) is 48.5 Å². The van der Waals surface area contributed by atoms with E-state index >= 15 is 0 Å². The summed E-state index contributed by atoms with van der Waals surface area (Å²) in [5.74, 6) is -3.24. The van der Waals surface area contributed by atoms with E-state index in [1.54, 1.807) is 27.7 Å². The Morgan fingerprint density at radius 2 is 0.882 bits per heavy atom. The van der Waals surface area contributed by atoms with Gasteiger partial charge in [0.1, 0.15) is 11.5 Å². The van der Waals surface area contributed by atoms with Crippen LogP contribution in [0.2, 0.25) is 0 Å². The van der Waals surface area contributed by atoms with Crippen molar-refractivity contribution >= 4 is 11.9 Å². The summed E-state index contributed by atoms with van der Waals surface area (Å²) in [6, 6.07) is 11.4. The van der Waals surface area contributed by atoms with Crippen molar-refractivity contribution in [3.05, 3.63) is 59.7 Å². The van der Waals surface area contributed by atoms with Crippen LogP contribution >= 0.6 is 0 Å². The Kier molecular flexibility index (Phi) is 11.3. The largest absolute Gasteiger partial charge is 0.481 e. The van der Waals surface area contributed by atoms with Gasteiger partial charge in [0.05, 0.1) is 11.8 Å². The first kappa shape index (κ1) is 28.7. The normalized spacial score (nSPS) is 12.8. The van der Waals surface area contributed by atoms with Crippen molar-refractivity contribution < 1.29 is 46.8 Å². The highest BCUT2D eigenvalue weighted by molar-refractivity contribution is 5.77. The van der Waals surface area contributed by atoms with E-state index in [0.717, 1.165) is 0 Å². The van der Waals surface area contributed by atoms with E-state index in [9.17, 15) is 27.2 Å². The van der Waals surface area contributed by atoms with E-state index in [0.29, 0.717) is 11.1 Å². The lowest BCUT2D eigenvalue weighted by atomic mass is 9.88. The molecule has 0 aliphatic carbocycles. The van der Waals surface area contributed by atoms with Gasteiger partial charge in [-0.2, -0.15) is 17.6 Å². The molecule has 0 radical (unpaired) electrons. The highest BCUT2D eigenvalue weighted by Crippen LogP contribution is 2.28. The van der Waals surface area contributed by atoms with Gasteiger partial charge in [-0.05, 0) is 47.2 Å². The first-order valence-corrected chi connectivity index (χ1v) is 10.4. The van der Waals surface area contributed by atoms with E-state index in [1.807, 2.05) is 0 Å². The van der Waals surface area contributed by atoms with E-state index < -0.39 is 37.0 Å². The fourth-order valence-electron chi connectivity index (χ4n) is 3.34. The minimum Gasteiger partial charge on any atom is -0.481 e. The molecule has 0 bridgehead atoms. The standard InChI is InChI=1S/2C12H14F2O3/c2*1-7(2)10(11(15)16)8-3-5-9(6-4-8)17-12(13)14/h2*3-7,10,12H,1-2H3,(H,15,16)/t10-;/m0./s1. The molecule has 2 rings (SSSR count). The fourth-order valence-corrected chi connectivity index (χ4v) is 3.34. The molecule has 0 amide bonds. The third-order valence-corrected chi connectivity index (χ3v) is 4.79. The predicted molar refractivity (Wildman–Crippen MR) is 117 cm³/mol. The Labute approximate surface area is 195 Å². The van der Waals surface area contributed by atoms with Crippen LogP contribution in [0, 0.1) is 11.8 Å². The number of carboxylic acids is 2. The van der Waals surface area contributed by atoms with Gasteiger partial charge in [0.25, 0.3) is 0 Å². The molecule has 0 aromatic heterocycles. The molecule has 34 heavy (non-hydrogen) atoms. The Morgan fingerprint density at radius 1 is 0.618 bits per heavy atom. The number of carbonyl (C=O) groups is 2. The number of benzene rings is 2. The number of hydrogen-bond acceptors (Lipinski definition) is 4. The molecule has 2 aromatic carbocycles. The van der Waals surface area contributed by atoms with Crippen molar-refractivity contribution in [1.29, 1.82) is 0 Å². The first-order chi connectivity index (χ1) is 15.8. The fraction of sp³-hybridized carbons (Fsp3) is 0.417. The Morgan fingerprint density at radius 3 is 1.06 bits per heavy atom. The maximum absolute atomic E-state index is 11.9. The molecular weight excluding hydrogens is 460 g/mol. The number of hydrogen-bond donors (Lipinski definition) is 2. The molecule has 10 heteroatoms. The summed E-state index contributed by atoms with van der Waals surface area (Å²) in [5, 5.41) is 18.1. The quantitative estimate of drug-likeness (QED) is 0.386. The summed E-state index contributed by atoms with van der Waals surface area (Å²) in [6.45, 7) is 1.43. The van der Waals surface area contributed by atoms with Crippen LogP contribution < -0.4 is 9.47 Å². The van der Waals surface area contributed by atoms with Gasteiger partial charge in [0.2, 0.25) is 0 Å². The second-order valence-electron chi connectivity index (χ2n) is 8.01. The molecule has 0 spiro atoms. The summed E-state index contributed by atoms with van der Waals surface area (Å²) < 4.78 is 56.1. The van der Waals surface area contributed by atoms with Crippen molar-refractivity contribution in [1.82, 2.24) is 0 Å². The molecule has 0 saturated carbocycles. The molecule has 0 saturated heterocycles. The predicted octanol–water partition coefficient (Wildman–Crippen LogP) is 6.22. The minimum absolute atomic E-state index is 0.0247. The van der Waals surface area contributed by atoms with Gasteiger partial charge < -0.3 is 19.7 Å². The van der Waals surface area contributed by atoms with Crippen LogP contribution in [0.4, 0.5) is 17.6 Å². The van der Waals surface area contributed by atoms with Crippen LogP contribution in [-0.2, 0) is 9.59 Å². The van der Waals surface area contributed by atoms with Crippen LogP contribution in [0.15, 0.2) is 48.5 Å². The summed E-state index contributed by atoms with van der Waals surface area (Å²) in [5.41, 5.74) is 1.16. The molecule has 1 unspecified atom stereocenters. The lowest BCUT2D eigenvalue weighted by Gasteiger charge is -2.16. The molecule has 2 atom stereocenters. The van der Waals surface area contributed by atoms with Gasteiger partial charge in [-0.15, -0.1) is 0 Å². The Bertz CT molecular complexity index is 823. The van der Waals surface area contributed by atoms with E-state index in [4.69, 9.17) is 10.2 Å². The maximum atomic E-state index is 11.9. The molecule has 6 nitrogen and oxygen atoms in total. The van der Waals surface area contributed by atoms with Crippen LogP contribution in [0.1, 0.15) is 50.7 Å². The van der Waals surface area contributed by atoms with Gasteiger partial charge in [0, 0.05) is 0 Å². The Balaban J connectivity index is 0.000000340. The first-order valence-electron chi connectivity index (χ1n) is 10.4. The number of aliphatic carboxylic acids is 2. The lowest BCUT2D eigenvalue weighted by molar-refractivity contribution is -0.140. The monoisotopic (exact) mass is 488 g/mol. The Hall–Kier alpha value is -3.30. The molecule has 188 valence electrons. The van der Waals surface area contributed by atoms with Crippen LogP contribution in [-0.4, -0.2) is 35.4 Å². The molecule has 0 aliphatic rings. The molecule has 0 aliphatic heterocycles. The topological polar surface area (TPSA) is 93.1 Å². The van der Waals surface area contributed by atoms with Gasteiger partial charge >= 0.3 is 25.2 Å². The molecule has 2 N–H and O–H groups in total. The zero-order chi connectivity index (χ0) is 26.0.